The lowest BCUT2D eigenvalue weighted by atomic mass is 10.1. The first-order valence-corrected chi connectivity index (χ1v) is 9.38. The fraction of sp³-hybridized carbons (Fsp3) is 0.167. The summed E-state index contributed by atoms with van der Waals surface area (Å²) < 4.78 is 11.4. The number of hydrogen-bond acceptors (Lipinski definition) is 5. The lowest BCUT2D eigenvalue weighted by Crippen LogP contribution is -2.45. The number of carbonyl (C=O) groups is 1. The molecule has 4 rings (SSSR count). The summed E-state index contributed by atoms with van der Waals surface area (Å²) in [5, 5.41) is 9.17. The van der Waals surface area contributed by atoms with E-state index in [1.165, 1.54) is 0 Å². The Morgan fingerprint density at radius 3 is 2.75 bits per heavy atom. The SMILES string of the molecule is O=C(N[C@@H](c1ccsc1)c1cccs1)[C@H]1COc2ccccc2O1. The van der Waals surface area contributed by atoms with Gasteiger partial charge in [-0.1, -0.05) is 18.2 Å². The van der Waals surface area contributed by atoms with Gasteiger partial charge in [0.15, 0.2) is 11.5 Å². The van der Waals surface area contributed by atoms with Crippen molar-refractivity contribution < 1.29 is 14.3 Å². The molecular formula is C18H15NO3S2. The van der Waals surface area contributed by atoms with Crippen molar-refractivity contribution in [1.82, 2.24) is 5.32 Å². The Morgan fingerprint density at radius 2 is 2.00 bits per heavy atom. The molecule has 1 N–H and O–H groups in total. The number of rotatable bonds is 4. The molecule has 0 aliphatic carbocycles. The lowest BCUT2D eigenvalue weighted by Gasteiger charge is -2.27. The van der Waals surface area contributed by atoms with Crippen molar-refractivity contribution in [1.29, 1.82) is 0 Å². The minimum atomic E-state index is -0.652. The first-order valence-electron chi connectivity index (χ1n) is 7.55. The van der Waals surface area contributed by atoms with Crippen LogP contribution in [0, 0.1) is 0 Å². The molecule has 2 atom stereocenters. The monoisotopic (exact) mass is 357 g/mol. The van der Waals surface area contributed by atoms with E-state index in [1.54, 1.807) is 22.7 Å². The smallest absolute Gasteiger partial charge is 0.265 e. The molecule has 3 aromatic rings. The number of benzene rings is 1. The van der Waals surface area contributed by atoms with Gasteiger partial charge in [0.05, 0.1) is 6.04 Å². The van der Waals surface area contributed by atoms with Crippen LogP contribution in [-0.4, -0.2) is 18.6 Å². The van der Waals surface area contributed by atoms with Crippen LogP contribution < -0.4 is 14.8 Å². The Bertz CT molecular complexity index is 780. The van der Waals surface area contributed by atoms with E-state index in [0.717, 1.165) is 10.4 Å². The van der Waals surface area contributed by atoms with Crippen LogP contribution in [0.15, 0.2) is 58.6 Å². The van der Waals surface area contributed by atoms with Gasteiger partial charge in [-0.3, -0.25) is 4.79 Å². The standard InChI is InChI=1S/C18H15NO3S2/c20-18(15-10-21-13-4-1-2-5-14(13)22-15)19-17(12-7-9-23-11-12)16-6-3-8-24-16/h1-9,11,15,17H,10H2,(H,19,20)/t15-,17+/m1/s1. The second kappa shape index (κ2) is 6.67. The molecule has 4 nitrogen and oxygen atoms in total. The van der Waals surface area contributed by atoms with Gasteiger partial charge in [0, 0.05) is 4.88 Å². The first-order chi connectivity index (χ1) is 11.8. The average Bonchev–Trinajstić information content (AvgIpc) is 3.33. The maximum Gasteiger partial charge on any atom is 0.265 e. The summed E-state index contributed by atoms with van der Waals surface area (Å²) in [6, 6.07) is 13.3. The summed E-state index contributed by atoms with van der Waals surface area (Å²) in [7, 11) is 0. The number of carbonyl (C=O) groups excluding carboxylic acids is 1. The fourth-order valence-corrected chi connectivity index (χ4v) is 4.09. The van der Waals surface area contributed by atoms with Crippen molar-refractivity contribution in [3.8, 4) is 11.5 Å². The van der Waals surface area contributed by atoms with Gasteiger partial charge in [-0.25, -0.2) is 0 Å². The zero-order chi connectivity index (χ0) is 16.4. The van der Waals surface area contributed by atoms with E-state index in [1.807, 2.05) is 53.2 Å². The molecular weight excluding hydrogens is 342 g/mol. The Hall–Kier alpha value is -2.31. The minimum absolute atomic E-state index is 0.162. The molecule has 2 aromatic heterocycles. The van der Waals surface area contributed by atoms with Crippen molar-refractivity contribution >= 4 is 28.6 Å². The lowest BCUT2D eigenvalue weighted by molar-refractivity contribution is -0.130. The van der Waals surface area contributed by atoms with Gasteiger partial charge in [-0.15, -0.1) is 11.3 Å². The quantitative estimate of drug-likeness (QED) is 0.771. The third-order valence-electron chi connectivity index (χ3n) is 3.79. The van der Waals surface area contributed by atoms with Crippen LogP contribution in [-0.2, 0) is 4.79 Å². The van der Waals surface area contributed by atoms with Gasteiger partial charge in [0.1, 0.15) is 6.61 Å². The van der Waals surface area contributed by atoms with Crippen molar-refractivity contribution in [2.75, 3.05) is 6.61 Å². The highest BCUT2D eigenvalue weighted by atomic mass is 32.1. The van der Waals surface area contributed by atoms with Gasteiger partial charge in [0.2, 0.25) is 6.10 Å². The second-order valence-corrected chi connectivity index (χ2v) is 7.14. The highest BCUT2D eigenvalue weighted by molar-refractivity contribution is 7.10. The fourth-order valence-electron chi connectivity index (χ4n) is 2.60. The molecule has 1 aliphatic heterocycles. The predicted octanol–water partition coefficient (Wildman–Crippen LogP) is 3.86. The summed E-state index contributed by atoms with van der Waals surface area (Å²) in [6.07, 6.45) is -0.652. The molecule has 0 fully saturated rings. The number of hydrogen-bond donors (Lipinski definition) is 1. The highest BCUT2D eigenvalue weighted by Crippen LogP contribution is 2.32. The molecule has 1 amide bonds. The van der Waals surface area contributed by atoms with Gasteiger partial charge in [-0.05, 0) is 46.0 Å². The average molecular weight is 357 g/mol. The largest absolute Gasteiger partial charge is 0.485 e. The minimum Gasteiger partial charge on any atom is -0.485 e. The molecule has 0 unspecified atom stereocenters. The van der Waals surface area contributed by atoms with E-state index in [2.05, 4.69) is 10.7 Å². The van der Waals surface area contributed by atoms with E-state index in [-0.39, 0.29) is 18.6 Å². The summed E-state index contributed by atoms with van der Waals surface area (Å²) in [5.74, 6) is 1.11. The molecule has 3 heterocycles. The molecule has 1 aliphatic rings. The number of amides is 1. The number of nitrogens with one attached hydrogen (secondary N) is 1. The van der Waals surface area contributed by atoms with Crippen LogP contribution in [0.3, 0.4) is 0 Å². The summed E-state index contributed by atoms with van der Waals surface area (Å²) in [6.45, 7) is 0.212. The molecule has 122 valence electrons. The van der Waals surface area contributed by atoms with Crippen molar-refractivity contribution in [2.45, 2.75) is 12.1 Å². The van der Waals surface area contributed by atoms with E-state index in [4.69, 9.17) is 9.47 Å². The first kappa shape index (κ1) is 15.2. The van der Waals surface area contributed by atoms with E-state index >= 15 is 0 Å². The summed E-state index contributed by atoms with van der Waals surface area (Å²) in [4.78, 5) is 13.8. The van der Waals surface area contributed by atoms with Crippen LogP contribution in [0.4, 0.5) is 0 Å². The maximum absolute atomic E-state index is 12.7. The van der Waals surface area contributed by atoms with Crippen LogP contribution in [0.1, 0.15) is 16.5 Å². The summed E-state index contributed by atoms with van der Waals surface area (Å²) in [5.41, 5.74) is 1.08. The van der Waals surface area contributed by atoms with E-state index in [9.17, 15) is 4.79 Å². The third-order valence-corrected chi connectivity index (χ3v) is 5.43. The predicted molar refractivity (Wildman–Crippen MR) is 95.0 cm³/mol. The zero-order valence-electron chi connectivity index (χ0n) is 12.7. The van der Waals surface area contributed by atoms with Crippen molar-refractivity contribution in [3.05, 3.63) is 69.0 Å². The van der Waals surface area contributed by atoms with Gasteiger partial charge in [0.25, 0.3) is 5.91 Å². The second-order valence-electron chi connectivity index (χ2n) is 5.38. The molecule has 0 bridgehead atoms. The van der Waals surface area contributed by atoms with Crippen molar-refractivity contribution in [2.24, 2.45) is 0 Å². The Labute approximate surface area is 147 Å². The third kappa shape index (κ3) is 3.02. The Balaban J connectivity index is 1.52. The van der Waals surface area contributed by atoms with Crippen LogP contribution in [0.25, 0.3) is 0 Å². The van der Waals surface area contributed by atoms with Gasteiger partial charge < -0.3 is 14.8 Å². The molecule has 24 heavy (non-hydrogen) atoms. The molecule has 0 saturated carbocycles. The van der Waals surface area contributed by atoms with Crippen LogP contribution in [0.2, 0.25) is 0 Å². The molecule has 1 aromatic carbocycles. The maximum atomic E-state index is 12.7. The zero-order valence-corrected chi connectivity index (χ0v) is 14.3. The highest BCUT2D eigenvalue weighted by Gasteiger charge is 2.30. The van der Waals surface area contributed by atoms with E-state index in [0.29, 0.717) is 11.5 Å². The Kier molecular flexibility index (Phi) is 4.23. The molecule has 6 heteroatoms. The summed E-state index contributed by atoms with van der Waals surface area (Å²) >= 11 is 3.24. The van der Waals surface area contributed by atoms with Gasteiger partial charge in [-0.2, -0.15) is 11.3 Å². The number of ether oxygens (including phenoxy) is 2. The molecule has 0 saturated heterocycles. The van der Waals surface area contributed by atoms with Crippen LogP contribution >= 0.6 is 22.7 Å². The van der Waals surface area contributed by atoms with Crippen molar-refractivity contribution in [3.63, 3.8) is 0 Å². The molecule has 0 radical (unpaired) electrons. The van der Waals surface area contributed by atoms with Gasteiger partial charge >= 0.3 is 0 Å². The number of para-hydroxylation sites is 2. The van der Waals surface area contributed by atoms with E-state index < -0.39 is 6.10 Å². The normalized spacial score (nSPS) is 17.2. The number of thiophene rings is 2. The molecule has 0 spiro atoms. The topological polar surface area (TPSA) is 47.6 Å². The Morgan fingerprint density at radius 1 is 1.12 bits per heavy atom. The number of fused-ring (bicyclic) bond motifs is 1. The van der Waals surface area contributed by atoms with Crippen LogP contribution in [0.5, 0.6) is 11.5 Å².